The van der Waals surface area contributed by atoms with Crippen molar-refractivity contribution in [3.63, 3.8) is 0 Å². The lowest BCUT2D eigenvalue weighted by molar-refractivity contribution is -0.385. The van der Waals surface area contributed by atoms with Gasteiger partial charge >= 0.3 is 0 Å². The largest absolute Gasteiger partial charge is 0.494 e. The Kier molecular flexibility index (Phi) is 4.93. The van der Waals surface area contributed by atoms with Crippen LogP contribution in [0.3, 0.4) is 0 Å². The van der Waals surface area contributed by atoms with Crippen molar-refractivity contribution in [1.29, 1.82) is 0 Å². The van der Waals surface area contributed by atoms with E-state index in [0.717, 1.165) is 23.4 Å². The van der Waals surface area contributed by atoms with Gasteiger partial charge in [-0.1, -0.05) is 12.1 Å². The summed E-state index contributed by atoms with van der Waals surface area (Å²) < 4.78 is 7.09. The first-order valence-electron chi connectivity index (χ1n) is 10.5. The number of hydrogen-bond donors (Lipinski definition) is 1. The molecule has 1 N–H and O–H groups in total. The van der Waals surface area contributed by atoms with E-state index in [1.54, 1.807) is 22.9 Å². The minimum absolute atomic E-state index is 0.0225. The monoisotopic (exact) mass is 431 g/mol. The highest BCUT2D eigenvalue weighted by atomic mass is 16.6. The summed E-state index contributed by atoms with van der Waals surface area (Å²) in [5.41, 5.74) is 2.45. The lowest BCUT2D eigenvalue weighted by atomic mass is 9.85. The van der Waals surface area contributed by atoms with Crippen LogP contribution in [0.1, 0.15) is 37.8 Å². The predicted molar refractivity (Wildman–Crippen MR) is 117 cm³/mol. The van der Waals surface area contributed by atoms with Crippen LogP contribution in [0.5, 0.6) is 5.75 Å². The maximum atomic E-state index is 12.9. The number of fused-ring (bicyclic) bond motifs is 1. The summed E-state index contributed by atoms with van der Waals surface area (Å²) in [5, 5.41) is 19.7. The molecular weight excluding hydrogens is 410 g/mol. The molecule has 9 heteroatoms. The Labute approximate surface area is 183 Å². The van der Waals surface area contributed by atoms with Gasteiger partial charge in [0.25, 0.3) is 5.69 Å². The first-order chi connectivity index (χ1) is 15.6. The van der Waals surface area contributed by atoms with Gasteiger partial charge in [0.2, 0.25) is 5.95 Å². The average Bonchev–Trinajstić information content (AvgIpc) is 3.22. The van der Waals surface area contributed by atoms with Crippen LogP contribution in [0.25, 0.3) is 11.4 Å². The zero-order chi connectivity index (χ0) is 22.2. The van der Waals surface area contributed by atoms with Crippen LogP contribution < -0.4 is 10.1 Å². The third kappa shape index (κ3) is 3.31. The normalized spacial score (nSPS) is 17.4. The number of benzene rings is 2. The molecule has 2 aromatic carbocycles. The van der Waals surface area contributed by atoms with E-state index in [1.165, 1.54) is 6.07 Å². The molecule has 0 fully saturated rings. The number of Topliss-reactive ketones (excluding diaryl/α,β-unsaturated/α-hetero) is 1. The zero-order valence-electron chi connectivity index (χ0n) is 17.4. The van der Waals surface area contributed by atoms with Crippen molar-refractivity contribution in [1.82, 2.24) is 14.8 Å². The molecule has 0 spiro atoms. The first kappa shape index (κ1) is 19.9. The highest BCUT2D eigenvalue weighted by Gasteiger charge is 2.39. The number of ether oxygens (including phenoxy) is 1. The summed E-state index contributed by atoms with van der Waals surface area (Å²) in [7, 11) is 0. The van der Waals surface area contributed by atoms with E-state index >= 15 is 0 Å². The minimum Gasteiger partial charge on any atom is -0.494 e. The molecule has 2 aliphatic rings. The van der Waals surface area contributed by atoms with E-state index in [2.05, 4.69) is 15.4 Å². The van der Waals surface area contributed by atoms with Crippen molar-refractivity contribution in [2.45, 2.75) is 32.2 Å². The van der Waals surface area contributed by atoms with E-state index in [-0.39, 0.29) is 11.5 Å². The fraction of sp³-hybridized carbons (Fsp3) is 0.261. The van der Waals surface area contributed by atoms with Gasteiger partial charge in [0.15, 0.2) is 11.6 Å². The Bertz CT molecular complexity index is 1250. The molecule has 5 rings (SSSR count). The van der Waals surface area contributed by atoms with Gasteiger partial charge in [-0.2, -0.15) is 4.98 Å². The number of allylic oxidation sites excluding steroid dienone is 2. The highest BCUT2D eigenvalue weighted by molar-refractivity contribution is 5.99. The number of carbonyl (C=O) groups is 1. The van der Waals surface area contributed by atoms with Crippen molar-refractivity contribution >= 4 is 17.4 Å². The number of nitrogens with one attached hydrogen (secondary N) is 1. The summed E-state index contributed by atoms with van der Waals surface area (Å²) in [6.07, 6.45) is 1.82. The van der Waals surface area contributed by atoms with Gasteiger partial charge in [-0.25, -0.2) is 4.68 Å². The molecular formula is C23H21N5O4. The van der Waals surface area contributed by atoms with E-state index < -0.39 is 11.0 Å². The van der Waals surface area contributed by atoms with Gasteiger partial charge < -0.3 is 10.1 Å². The summed E-state index contributed by atoms with van der Waals surface area (Å²) in [5.74, 6) is 1.65. The molecule has 0 radical (unpaired) electrons. The summed E-state index contributed by atoms with van der Waals surface area (Å²) in [6, 6.07) is 13.2. The van der Waals surface area contributed by atoms with E-state index in [4.69, 9.17) is 4.74 Å². The predicted octanol–water partition coefficient (Wildman–Crippen LogP) is 4.27. The molecule has 32 heavy (non-hydrogen) atoms. The number of anilines is 1. The number of nitro groups is 1. The van der Waals surface area contributed by atoms with Crippen molar-refractivity contribution in [3.8, 4) is 17.1 Å². The molecule has 1 atom stereocenters. The quantitative estimate of drug-likeness (QED) is 0.474. The summed E-state index contributed by atoms with van der Waals surface area (Å²) in [6.45, 7) is 2.49. The first-order valence-corrected chi connectivity index (χ1v) is 10.5. The fourth-order valence-corrected chi connectivity index (χ4v) is 4.32. The molecule has 9 nitrogen and oxygen atoms in total. The molecule has 1 aliphatic carbocycles. The summed E-state index contributed by atoms with van der Waals surface area (Å²) in [4.78, 5) is 28.9. The lowest BCUT2D eigenvalue weighted by Crippen LogP contribution is -2.31. The number of ketones is 1. The molecule has 0 saturated carbocycles. The van der Waals surface area contributed by atoms with Crippen molar-refractivity contribution in [3.05, 3.63) is 75.5 Å². The molecule has 162 valence electrons. The molecule has 1 aromatic heterocycles. The smallest absolute Gasteiger partial charge is 0.275 e. The maximum Gasteiger partial charge on any atom is 0.275 e. The number of nitro benzene ring substituents is 1. The Morgan fingerprint density at radius 2 is 1.97 bits per heavy atom. The Morgan fingerprint density at radius 1 is 1.19 bits per heavy atom. The molecule has 0 amide bonds. The Morgan fingerprint density at radius 3 is 2.72 bits per heavy atom. The van der Waals surface area contributed by atoms with Crippen LogP contribution in [0.2, 0.25) is 0 Å². The van der Waals surface area contributed by atoms with Crippen molar-refractivity contribution in [2.75, 3.05) is 11.9 Å². The molecule has 0 bridgehead atoms. The van der Waals surface area contributed by atoms with Crippen LogP contribution in [-0.4, -0.2) is 32.1 Å². The van der Waals surface area contributed by atoms with E-state index in [1.807, 2.05) is 31.2 Å². The number of para-hydroxylation sites is 1. The number of hydrogen-bond acceptors (Lipinski definition) is 7. The lowest BCUT2D eigenvalue weighted by Gasteiger charge is -2.31. The Balaban J connectivity index is 1.65. The van der Waals surface area contributed by atoms with Crippen LogP contribution in [0, 0.1) is 10.1 Å². The number of carbonyl (C=O) groups excluding carboxylic acids is 1. The number of nitrogens with zero attached hydrogens (tertiary/aromatic N) is 4. The van der Waals surface area contributed by atoms with Gasteiger partial charge in [-0.05, 0) is 50.1 Å². The van der Waals surface area contributed by atoms with E-state index in [0.29, 0.717) is 42.4 Å². The molecule has 2 heterocycles. The third-order valence-corrected chi connectivity index (χ3v) is 5.72. The molecule has 1 unspecified atom stereocenters. The second-order valence-electron chi connectivity index (χ2n) is 7.67. The second kappa shape index (κ2) is 7.92. The van der Waals surface area contributed by atoms with Crippen LogP contribution in [0.4, 0.5) is 11.6 Å². The number of rotatable bonds is 5. The standard InChI is InChI=1S/C23H21N5O4/c1-2-32-15-12-10-14(11-13-15)22-25-23-24-17-7-5-9-19(29)20(17)21(27(23)26-22)16-6-3-4-8-18(16)28(30)31/h3-4,6,8,10-13,21H,2,5,7,9H2,1H3,(H,24,25,26). The maximum absolute atomic E-state index is 12.9. The third-order valence-electron chi connectivity index (χ3n) is 5.72. The van der Waals surface area contributed by atoms with Crippen molar-refractivity contribution < 1.29 is 14.5 Å². The molecule has 3 aromatic rings. The van der Waals surface area contributed by atoms with Gasteiger partial charge in [0.05, 0.1) is 17.1 Å². The van der Waals surface area contributed by atoms with Crippen molar-refractivity contribution in [2.24, 2.45) is 0 Å². The second-order valence-corrected chi connectivity index (χ2v) is 7.67. The fourth-order valence-electron chi connectivity index (χ4n) is 4.32. The van der Waals surface area contributed by atoms with E-state index in [9.17, 15) is 14.9 Å². The van der Waals surface area contributed by atoms with Gasteiger partial charge in [-0.3, -0.25) is 14.9 Å². The Hall–Kier alpha value is -4.01. The summed E-state index contributed by atoms with van der Waals surface area (Å²) >= 11 is 0. The van der Waals surface area contributed by atoms with Crippen LogP contribution in [-0.2, 0) is 4.79 Å². The topological polar surface area (TPSA) is 112 Å². The average molecular weight is 431 g/mol. The minimum atomic E-state index is -0.709. The molecule has 1 aliphatic heterocycles. The molecule has 0 saturated heterocycles. The van der Waals surface area contributed by atoms with Crippen LogP contribution in [0.15, 0.2) is 59.8 Å². The van der Waals surface area contributed by atoms with Gasteiger partial charge in [0.1, 0.15) is 11.8 Å². The SMILES string of the molecule is CCOc1ccc(-c2nc3n(n2)C(c2ccccc2[N+](=O)[O-])C2=C(CCCC2=O)N3)cc1. The highest BCUT2D eigenvalue weighted by Crippen LogP contribution is 2.43. The van der Waals surface area contributed by atoms with Crippen LogP contribution >= 0.6 is 0 Å². The zero-order valence-corrected chi connectivity index (χ0v) is 17.4. The van der Waals surface area contributed by atoms with Gasteiger partial charge in [0, 0.05) is 29.3 Å². The van der Waals surface area contributed by atoms with Gasteiger partial charge in [-0.15, -0.1) is 5.10 Å². The number of aromatic nitrogens is 3.